The van der Waals surface area contributed by atoms with E-state index in [2.05, 4.69) is 4.98 Å². The average molecular weight is 428 g/mol. The number of nitrogens with one attached hydrogen (secondary N) is 1. The Morgan fingerprint density at radius 3 is 2.88 bits per heavy atom. The molecule has 1 fully saturated rings. The van der Waals surface area contributed by atoms with Gasteiger partial charge in [0.15, 0.2) is 0 Å². The Bertz CT molecular complexity index is 525. The first-order valence-electron chi connectivity index (χ1n) is 5.14. The summed E-state index contributed by atoms with van der Waals surface area (Å²) >= 11 is 0.0895. The Morgan fingerprint density at radius 2 is 2.29 bits per heavy atom. The second kappa shape index (κ2) is 5.01. The number of aliphatic hydroxyl groups excluding tert-OH is 2. The van der Waals surface area contributed by atoms with Gasteiger partial charge in [0.2, 0.25) is 0 Å². The molecular weight excluding hydrogens is 417 g/mol. The van der Waals surface area contributed by atoms with Gasteiger partial charge >= 0.3 is 112 Å². The van der Waals surface area contributed by atoms with Crippen molar-refractivity contribution >= 4 is 3.07 Å². The molecule has 0 bridgehead atoms. The molecule has 3 unspecified atom stereocenters. The van der Waals surface area contributed by atoms with Crippen molar-refractivity contribution in [2.24, 2.45) is 0 Å². The van der Waals surface area contributed by atoms with Gasteiger partial charge in [-0.25, -0.2) is 0 Å². The van der Waals surface area contributed by atoms with Crippen molar-refractivity contribution in [3.63, 3.8) is 0 Å². The van der Waals surface area contributed by atoms with Gasteiger partial charge in [-0.1, -0.05) is 0 Å². The molecule has 0 aromatic carbocycles. The second-order valence-electron chi connectivity index (χ2n) is 3.94. The number of hydrogen-bond donors (Lipinski definition) is 3. The first-order valence-corrected chi connectivity index (χ1v) is 7.89. The molecule has 17 heavy (non-hydrogen) atoms. The van der Waals surface area contributed by atoms with E-state index in [1.54, 1.807) is 0 Å². The minimum absolute atomic E-state index is 0.0895. The average Bonchev–Trinajstić information content (AvgIpc) is 2.65. The van der Waals surface area contributed by atoms with Crippen LogP contribution in [0.4, 0.5) is 0 Å². The van der Waals surface area contributed by atoms with Crippen molar-refractivity contribution in [3.05, 3.63) is 27.0 Å². The molecule has 0 spiro atoms. The van der Waals surface area contributed by atoms with E-state index in [9.17, 15) is 14.7 Å². The predicted molar refractivity (Wildman–Crippen MR) is 52.6 cm³/mol. The van der Waals surface area contributed by atoms with Crippen LogP contribution < -0.4 is 14.3 Å². The summed E-state index contributed by atoms with van der Waals surface area (Å²) in [5, 5.41) is 18.5. The number of ether oxygens (including phenoxy) is 1. The molecule has 1 aliphatic heterocycles. The van der Waals surface area contributed by atoms with Crippen molar-refractivity contribution in [3.8, 4) is 0 Å². The van der Waals surface area contributed by atoms with Gasteiger partial charge in [-0.15, -0.1) is 0 Å². The third-order valence-corrected chi connectivity index (χ3v) is 4.69. The summed E-state index contributed by atoms with van der Waals surface area (Å²) in [6.45, 7) is -0.299. The molecule has 0 saturated carbocycles. The summed E-state index contributed by atoms with van der Waals surface area (Å²) in [6, 6.07) is 0. The van der Waals surface area contributed by atoms with Crippen LogP contribution in [-0.4, -0.2) is 38.6 Å². The summed E-state index contributed by atoms with van der Waals surface area (Å²) < 4.78 is 7.19. The number of nitrogens with zero attached hydrogens (tertiary/aromatic N) is 1. The van der Waals surface area contributed by atoms with Crippen LogP contribution in [0.5, 0.6) is 0 Å². The Morgan fingerprint density at radius 1 is 1.59 bits per heavy atom. The zero-order valence-electron chi connectivity index (χ0n) is 9.00. The van der Waals surface area contributed by atoms with Crippen molar-refractivity contribution in [1.29, 1.82) is 0 Å². The van der Waals surface area contributed by atoms with Crippen LogP contribution in [0.25, 0.3) is 0 Å². The summed E-state index contributed by atoms with van der Waals surface area (Å²) in [6.07, 6.45) is -0.410. The zero-order chi connectivity index (χ0) is 12.6. The minimum atomic E-state index is -0.800. The van der Waals surface area contributed by atoms with E-state index in [0.29, 0.717) is 3.07 Å². The first-order chi connectivity index (χ1) is 8.02. The molecule has 7 nitrogen and oxygen atoms in total. The molecule has 1 aromatic heterocycles. The van der Waals surface area contributed by atoms with Gasteiger partial charge < -0.3 is 0 Å². The molecule has 1 aromatic rings. The van der Waals surface area contributed by atoms with Crippen LogP contribution in [0.1, 0.15) is 12.6 Å². The molecule has 88 valence electrons. The van der Waals surface area contributed by atoms with Crippen LogP contribution >= 0.6 is 0 Å². The van der Waals surface area contributed by atoms with Crippen molar-refractivity contribution in [2.75, 3.05) is 6.61 Å². The van der Waals surface area contributed by atoms with E-state index >= 15 is 0 Å². The molecule has 3 atom stereocenters. The molecule has 1 aliphatic rings. The van der Waals surface area contributed by atoms with E-state index < -0.39 is 24.1 Å². The van der Waals surface area contributed by atoms with E-state index in [-0.39, 0.29) is 44.7 Å². The fraction of sp³-hybridized carbons (Fsp3) is 0.556. The van der Waals surface area contributed by atoms with Gasteiger partial charge in [0.05, 0.1) is 0 Å². The van der Waals surface area contributed by atoms with Crippen molar-refractivity contribution < 1.29 is 41.1 Å². The normalized spacial score (nSPS) is 28.6. The Kier molecular flexibility index (Phi) is 3.81. The number of aromatic amines is 1. The first kappa shape index (κ1) is 12.9. The third kappa shape index (κ3) is 2.52. The van der Waals surface area contributed by atoms with Gasteiger partial charge in [-0.05, 0) is 0 Å². The molecule has 2 heterocycles. The number of aromatic nitrogens is 2. The van der Waals surface area contributed by atoms with Crippen LogP contribution in [0, 0.1) is 0 Å². The van der Waals surface area contributed by atoms with Gasteiger partial charge in [-0.2, -0.15) is 0 Å². The van der Waals surface area contributed by atoms with Crippen LogP contribution in [0.15, 0.2) is 15.8 Å². The zero-order valence-corrected chi connectivity index (χ0v) is 14.5. The monoisotopic (exact) mass is 429 g/mol. The fourth-order valence-electron chi connectivity index (χ4n) is 1.79. The molecular formula is C9H11HgN2O5+. The van der Waals surface area contributed by atoms with Crippen LogP contribution in [0.2, 0.25) is 0 Å². The van der Waals surface area contributed by atoms with Gasteiger partial charge in [-0.3, -0.25) is 0 Å². The van der Waals surface area contributed by atoms with E-state index in [4.69, 9.17) is 9.84 Å². The molecule has 0 amide bonds. The molecule has 8 heteroatoms. The quantitative estimate of drug-likeness (QED) is 0.447. The van der Waals surface area contributed by atoms with Crippen molar-refractivity contribution in [1.82, 2.24) is 9.55 Å². The van der Waals surface area contributed by atoms with Gasteiger partial charge in [0, 0.05) is 0 Å². The van der Waals surface area contributed by atoms with Gasteiger partial charge in [0.1, 0.15) is 0 Å². The van der Waals surface area contributed by atoms with E-state index in [0.717, 1.165) is 0 Å². The maximum atomic E-state index is 11.6. The molecule has 0 radical (unpaired) electrons. The summed E-state index contributed by atoms with van der Waals surface area (Å²) in [4.78, 5) is 25.0. The third-order valence-electron chi connectivity index (χ3n) is 2.74. The predicted octanol–water partition coefficient (Wildman–Crippen LogP) is -2.65. The second-order valence-corrected chi connectivity index (χ2v) is 6.90. The fourth-order valence-corrected chi connectivity index (χ4v) is 2.90. The van der Waals surface area contributed by atoms with Crippen molar-refractivity contribution in [2.45, 2.75) is 24.9 Å². The molecule has 3 N–H and O–H groups in total. The Hall–Kier alpha value is -0.505. The Labute approximate surface area is 112 Å². The topological polar surface area (TPSA) is 105 Å². The summed E-state index contributed by atoms with van der Waals surface area (Å²) in [5.41, 5.74) is -0.910. The number of H-pyrrole nitrogens is 1. The van der Waals surface area contributed by atoms with Crippen LogP contribution in [0.3, 0.4) is 0 Å². The standard InChI is InChI=1S/C9H11N2O5.Hg/c12-4-6-5(13)3-8(16-6)11-2-1-7(14)10-9(11)15;/h2,5-6,8,12-13H,3-4H2,(H,10,14,15);/q;+1. The van der Waals surface area contributed by atoms with E-state index in [1.165, 1.54) is 10.8 Å². The SMILES string of the molecule is O=c1[nH]c(=O)n(C2CC(O)C(CO)O2)c[c]1[Hg+]. The van der Waals surface area contributed by atoms with E-state index in [1.807, 2.05) is 0 Å². The maximum absolute atomic E-state index is 11.6. The summed E-state index contributed by atoms with van der Waals surface area (Å²) in [7, 11) is 0. The Balaban J connectivity index is 2.34. The van der Waals surface area contributed by atoms with Gasteiger partial charge in [0.25, 0.3) is 0 Å². The number of rotatable bonds is 2. The summed E-state index contributed by atoms with van der Waals surface area (Å²) in [5.74, 6) is 0. The molecule has 0 aliphatic carbocycles. The molecule has 1 saturated heterocycles. The number of aliphatic hydroxyl groups is 2. The molecule has 2 rings (SSSR count). The number of hydrogen-bond acceptors (Lipinski definition) is 5. The van der Waals surface area contributed by atoms with Crippen LogP contribution in [-0.2, 0) is 30.9 Å².